The molecule has 3 aromatic rings. The second-order valence-corrected chi connectivity index (χ2v) is 5.76. The zero-order valence-corrected chi connectivity index (χ0v) is 13.4. The van der Waals surface area contributed by atoms with Gasteiger partial charge in [-0.25, -0.2) is 4.98 Å². The average molecular weight is 326 g/mol. The molecule has 0 bridgehead atoms. The van der Waals surface area contributed by atoms with Crippen LogP contribution in [0.1, 0.15) is 5.82 Å². The molecule has 124 valence electrons. The summed E-state index contributed by atoms with van der Waals surface area (Å²) >= 11 is 0. The lowest BCUT2D eigenvalue weighted by atomic mass is 10.3. The highest BCUT2D eigenvalue weighted by Gasteiger charge is 2.24. The average Bonchev–Trinajstić information content (AvgIpc) is 3.25. The first-order chi connectivity index (χ1) is 11.7. The van der Waals surface area contributed by atoms with E-state index in [-0.39, 0.29) is 12.5 Å². The van der Waals surface area contributed by atoms with Crippen LogP contribution in [0.4, 0.5) is 5.82 Å². The van der Waals surface area contributed by atoms with E-state index >= 15 is 0 Å². The number of hydrogen-bond donors (Lipinski definition) is 0. The Morgan fingerprint density at radius 3 is 2.71 bits per heavy atom. The summed E-state index contributed by atoms with van der Waals surface area (Å²) in [6.07, 6.45) is 7.09. The molecule has 0 N–H and O–H groups in total. The van der Waals surface area contributed by atoms with Gasteiger partial charge in [0, 0.05) is 51.0 Å². The maximum Gasteiger partial charge on any atom is 0.244 e. The van der Waals surface area contributed by atoms with Crippen LogP contribution in [0.3, 0.4) is 0 Å². The van der Waals surface area contributed by atoms with Gasteiger partial charge in [-0.15, -0.1) is 10.2 Å². The zero-order chi connectivity index (χ0) is 16.5. The van der Waals surface area contributed by atoms with Gasteiger partial charge in [-0.3, -0.25) is 13.9 Å². The quantitative estimate of drug-likeness (QED) is 0.672. The van der Waals surface area contributed by atoms with Gasteiger partial charge < -0.3 is 9.80 Å². The molecule has 3 aromatic heterocycles. The van der Waals surface area contributed by atoms with Crippen LogP contribution < -0.4 is 4.90 Å². The van der Waals surface area contributed by atoms with E-state index in [9.17, 15) is 4.79 Å². The summed E-state index contributed by atoms with van der Waals surface area (Å²) in [5, 5.41) is 12.4. The highest BCUT2D eigenvalue weighted by molar-refractivity contribution is 5.76. The largest absolute Gasteiger partial charge is 0.350 e. The SMILES string of the molecule is Cc1nnc2c(N3CCN(C(=O)Cn4cccn4)CC3)nccn12. The van der Waals surface area contributed by atoms with Crippen molar-refractivity contribution in [1.29, 1.82) is 0 Å². The Morgan fingerprint density at radius 1 is 1.12 bits per heavy atom. The normalized spacial score (nSPS) is 15.2. The van der Waals surface area contributed by atoms with Gasteiger partial charge >= 0.3 is 0 Å². The van der Waals surface area contributed by atoms with Crippen molar-refractivity contribution in [1.82, 2.24) is 34.3 Å². The molecule has 1 aliphatic heterocycles. The van der Waals surface area contributed by atoms with Crippen LogP contribution in [0.2, 0.25) is 0 Å². The van der Waals surface area contributed by atoms with Crippen LogP contribution in [-0.4, -0.2) is 66.3 Å². The van der Waals surface area contributed by atoms with Crippen molar-refractivity contribution < 1.29 is 4.79 Å². The first kappa shape index (κ1) is 14.6. The predicted octanol–water partition coefficient (Wildman–Crippen LogP) is -0.0220. The minimum absolute atomic E-state index is 0.0860. The molecule has 9 heteroatoms. The van der Waals surface area contributed by atoms with Gasteiger partial charge in [0.25, 0.3) is 0 Å². The summed E-state index contributed by atoms with van der Waals surface area (Å²) in [6, 6.07) is 1.82. The number of anilines is 1. The van der Waals surface area contributed by atoms with Crippen molar-refractivity contribution in [3.05, 3.63) is 36.7 Å². The van der Waals surface area contributed by atoms with Crippen LogP contribution >= 0.6 is 0 Å². The zero-order valence-electron chi connectivity index (χ0n) is 13.4. The lowest BCUT2D eigenvalue weighted by molar-refractivity contribution is -0.132. The van der Waals surface area contributed by atoms with Crippen LogP contribution in [0.5, 0.6) is 0 Å². The molecule has 9 nitrogen and oxygen atoms in total. The number of fused-ring (bicyclic) bond motifs is 1. The number of aromatic nitrogens is 6. The number of piperazine rings is 1. The molecule has 0 radical (unpaired) electrons. The number of amides is 1. The van der Waals surface area contributed by atoms with Gasteiger partial charge in [0.15, 0.2) is 5.82 Å². The van der Waals surface area contributed by atoms with Gasteiger partial charge in [-0.1, -0.05) is 0 Å². The van der Waals surface area contributed by atoms with E-state index in [0.717, 1.165) is 30.4 Å². The first-order valence-corrected chi connectivity index (χ1v) is 7.89. The van der Waals surface area contributed by atoms with Gasteiger partial charge in [-0.05, 0) is 13.0 Å². The Kier molecular flexibility index (Phi) is 3.60. The molecule has 4 heterocycles. The minimum Gasteiger partial charge on any atom is -0.350 e. The predicted molar refractivity (Wildman–Crippen MR) is 86.5 cm³/mol. The van der Waals surface area contributed by atoms with E-state index in [1.165, 1.54) is 0 Å². The van der Waals surface area contributed by atoms with Gasteiger partial charge in [0.05, 0.1) is 0 Å². The minimum atomic E-state index is 0.0860. The molecule has 1 fully saturated rings. The standard InChI is InChI=1S/C15H18N8O/c1-12-18-19-15-14(16-4-6-23(12)15)21-9-7-20(8-10-21)13(24)11-22-5-2-3-17-22/h2-6H,7-11H2,1H3. The lowest BCUT2D eigenvalue weighted by Crippen LogP contribution is -2.50. The van der Waals surface area contributed by atoms with Crippen LogP contribution in [0.15, 0.2) is 30.9 Å². The fourth-order valence-electron chi connectivity index (χ4n) is 2.95. The maximum atomic E-state index is 12.3. The van der Waals surface area contributed by atoms with E-state index in [0.29, 0.717) is 13.1 Å². The summed E-state index contributed by atoms with van der Waals surface area (Å²) in [6.45, 7) is 4.97. The fourth-order valence-corrected chi connectivity index (χ4v) is 2.95. The van der Waals surface area contributed by atoms with E-state index in [4.69, 9.17) is 0 Å². The van der Waals surface area contributed by atoms with E-state index < -0.39 is 0 Å². The van der Waals surface area contributed by atoms with E-state index in [2.05, 4.69) is 25.2 Å². The number of carbonyl (C=O) groups excluding carboxylic acids is 1. The Morgan fingerprint density at radius 2 is 1.96 bits per heavy atom. The summed E-state index contributed by atoms with van der Waals surface area (Å²) < 4.78 is 3.58. The van der Waals surface area contributed by atoms with Crippen molar-refractivity contribution in [2.24, 2.45) is 0 Å². The van der Waals surface area contributed by atoms with Gasteiger partial charge in [-0.2, -0.15) is 5.10 Å². The molecule has 0 saturated carbocycles. The number of carbonyl (C=O) groups is 1. The van der Waals surface area contributed by atoms with Crippen LogP contribution in [0, 0.1) is 6.92 Å². The summed E-state index contributed by atoms with van der Waals surface area (Å²) in [4.78, 5) is 20.8. The molecule has 1 aliphatic rings. The highest BCUT2D eigenvalue weighted by Crippen LogP contribution is 2.19. The smallest absolute Gasteiger partial charge is 0.244 e. The fraction of sp³-hybridized carbons (Fsp3) is 0.400. The molecule has 0 spiro atoms. The number of hydrogen-bond acceptors (Lipinski definition) is 6. The van der Waals surface area contributed by atoms with E-state index in [1.54, 1.807) is 23.3 Å². The first-order valence-electron chi connectivity index (χ1n) is 7.89. The molecule has 1 amide bonds. The molecule has 0 aromatic carbocycles. The molecule has 24 heavy (non-hydrogen) atoms. The topological polar surface area (TPSA) is 84.5 Å². The molecule has 0 aliphatic carbocycles. The Bertz CT molecular complexity index is 848. The molecule has 1 saturated heterocycles. The van der Waals surface area contributed by atoms with Crippen LogP contribution in [0.25, 0.3) is 5.65 Å². The number of nitrogens with zero attached hydrogens (tertiary/aromatic N) is 8. The van der Waals surface area contributed by atoms with Crippen molar-refractivity contribution in [2.45, 2.75) is 13.5 Å². The second-order valence-electron chi connectivity index (χ2n) is 5.76. The molecule has 4 rings (SSSR count). The van der Waals surface area contributed by atoms with Crippen molar-refractivity contribution in [3.63, 3.8) is 0 Å². The second kappa shape index (κ2) is 5.91. The third-order valence-corrected chi connectivity index (χ3v) is 4.27. The van der Waals surface area contributed by atoms with Crippen molar-refractivity contribution in [3.8, 4) is 0 Å². The summed E-state index contributed by atoms with van der Waals surface area (Å²) in [7, 11) is 0. The number of rotatable bonds is 3. The Hall–Kier alpha value is -2.97. The lowest BCUT2D eigenvalue weighted by Gasteiger charge is -2.35. The van der Waals surface area contributed by atoms with Crippen LogP contribution in [-0.2, 0) is 11.3 Å². The van der Waals surface area contributed by atoms with Gasteiger partial charge in [0.1, 0.15) is 12.4 Å². The Balaban J connectivity index is 1.45. The number of aryl methyl sites for hydroxylation is 1. The molecule has 0 atom stereocenters. The van der Waals surface area contributed by atoms with E-state index in [1.807, 2.05) is 28.5 Å². The highest BCUT2D eigenvalue weighted by atomic mass is 16.2. The molecular formula is C15H18N8O. The third kappa shape index (κ3) is 2.57. The van der Waals surface area contributed by atoms with Crippen molar-refractivity contribution in [2.75, 3.05) is 31.1 Å². The van der Waals surface area contributed by atoms with Crippen molar-refractivity contribution >= 4 is 17.4 Å². The monoisotopic (exact) mass is 326 g/mol. The maximum absolute atomic E-state index is 12.3. The summed E-state index contributed by atoms with van der Waals surface area (Å²) in [5.41, 5.74) is 0.756. The summed E-state index contributed by atoms with van der Waals surface area (Å²) in [5.74, 6) is 1.74. The Labute approximate surface area is 138 Å². The molecule has 0 unspecified atom stereocenters. The molecular weight excluding hydrogens is 308 g/mol. The third-order valence-electron chi connectivity index (χ3n) is 4.27. The van der Waals surface area contributed by atoms with Gasteiger partial charge in [0.2, 0.25) is 11.6 Å².